The number of aryl methyl sites for hydroxylation is 1. The van der Waals surface area contributed by atoms with Gasteiger partial charge in [0.1, 0.15) is 23.6 Å². The lowest BCUT2D eigenvalue weighted by atomic mass is 9.92. The molecule has 4 aromatic heterocycles. The maximum atomic E-state index is 13.7. The SMILES string of the molecule is CO[C@@]1(C(=O)Nc2ccc3[nH]nc(-c4ccc(OC(C)C)nc4)c3c2)CCN(CC(=O)C2CCN(c3ccc(-c4ncn(C)n4)cn3)CC2)C1. The predicted molar refractivity (Wildman–Crippen MR) is 189 cm³/mol. The van der Waals surface area contributed by atoms with E-state index in [2.05, 4.69) is 40.5 Å². The molecule has 2 aliphatic heterocycles. The van der Waals surface area contributed by atoms with E-state index < -0.39 is 5.60 Å². The van der Waals surface area contributed by atoms with Gasteiger partial charge in [0.15, 0.2) is 11.4 Å². The molecule has 2 fully saturated rings. The number of Topliss-reactive ketones (excluding diaryl/α,β-unsaturated/α-hetero) is 1. The van der Waals surface area contributed by atoms with Crippen LogP contribution >= 0.6 is 0 Å². The zero-order chi connectivity index (χ0) is 34.8. The number of pyridine rings is 2. The zero-order valence-electron chi connectivity index (χ0n) is 28.8. The minimum absolute atomic E-state index is 0.0281. The van der Waals surface area contributed by atoms with Crippen molar-refractivity contribution in [3.63, 3.8) is 0 Å². The fourth-order valence-corrected chi connectivity index (χ4v) is 6.78. The number of benzene rings is 1. The molecule has 0 bridgehead atoms. The molecule has 7 rings (SSSR count). The lowest BCUT2D eigenvalue weighted by molar-refractivity contribution is -0.137. The quantitative estimate of drug-likeness (QED) is 0.207. The Hall–Kier alpha value is -5.21. The Labute approximate surface area is 290 Å². The van der Waals surface area contributed by atoms with Gasteiger partial charge in [-0.3, -0.25) is 24.3 Å². The Balaban J connectivity index is 0.936. The molecule has 1 amide bonds. The van der Waals surface area contributed by atoms with Crippen LogP contribution in [0.5, 0.6) is 5.88 Å². The molecule has 50 heavy (non-hydrogen) atoms. The Bertz CT molecular complexity index is 1960. The summed E-state index contributed by atoms with van der Waals surface area (Å²) in [7, 11) is 3.40. The second kappa shape index (κ2) is 14.0. The van der Waals surface area contributed by atoms with Crippen molar-refractivity contribution < 1.29 is 19.1 Å². The first kappa shape index (κ1) is 33.3. The first-order valence-corrected chi connectivity index (χ1v) is 17.0. The lowest BCUT2D eigenvalue weighted by Gasteiger charge is -2.33. The van der Waals surface area contributed by atoms with E-state index in [-0.39, 0.29) is 23.7 Å². The number of aromatic amines is 1. The van der Waals surface area contributed by atoms with E-state index in [0.717, 1.165) is 59.5 Å². The molecule has 14 heteroatoms. The minimum Gasteiger partial charge on any atom is -0.475 e. The largest absolute Gasteiger partial charge is 0.475 e. The van der Waals surface area contributed by atoms with Crippen LogP contribution in [0.3, 0.4) is 0 Å². The number of methoxy groups -OCH3 is 1. The molecular formula is C36H42N10O4. The number of ketones is 1. The van der Waals surface area contributed by atoms with Crippen LogP contribution in [0.15, 0.2) is 61.2 Å². The van der Waals surface area contributed by atoms with Crippen LogP contribution in [-0.4, -0.2) is 103 Å². The Kier molecular flexibility index (Phi) is 9.29. The molecule has 2 N–H and O–H groups in total. The maximum absolute atomic E-state index is 13.7. The van der Waals surface area contributed by atoms with E-state index >= 15 is 0 Å². The molecular weight excluding hydrogens is 636 g/mol. The van der Waals surface area contributed by atoms with Crippen LogP contribution in [0, 0.1) is 5.92 Å². The first-order chi connectivity index (χ1) is 24.2. The maximum Gasteiger partial charge on any atom is 0.258 e. The van der Waals surface area contributed by atoms with Crippen LogP contribution in [0.4, 0.5) is 11.5 Å². The van der Waals surface area contributed by atoms with Gasteiger partial charge in [-0.15, -0.1) is 0 Å². The summed E-state index contributed by atoms with van der Waals surface area (Å²) in [6.07, 6.45) is 7.24. The highest BCUT2D eigenvalue weighted by Crippen LogP contribution is 2.32. The molecule has 6 heterocycles. The number of piperidine rings is 1. The van der Waals surface area contributed by atoms with E-state index in [1.54, 1.807) is 30.5 Å². The number of amides is 1. The van der Waals surface area contributed by atoms with Gasteiger partial charge in [-0.1, -0.05) is 0 Å². The average molecular weight is 679 g/mol. The third kappa shape index (κ3) is 6.94. The molecule has 14 nitrogen and oxygen atoms in total. The summed E-state index contributed by atoms with van der Waals surface area (Å²) >= 11 is 0. The normalized spacial score (nSPS) is 18.6. The number of carbonyl (C=O) groups is 2. The number of likely N-dealkylation sites (tertiary alicyclic amines) is 1. The summed E-state index contributed by atoms with van der Waals surface area (Å²) in [6, 6.07) is 13.3. The number of hydrogen-bond acceptors (Lipinski definition) is 11. The second-order valence-electron chi connectivity index (χ2n) is 13.4. The van der Waals surface area contributed by atoms with Crippen molar-refractivity contribution in [3.8, 4) is 28.5 Å². The number of aromatic nitrogens is 7. The van der Waals surface area contributed by atoms with Gasteiger partial charge in [0, 0.05) is 86.9 Å². The van der Waals surface area contributed by atoms with Gasteiger partial charge in [-0.05, 0) is 69.5 Å². The third-order valence-electron chi connectivity index (χ3n) is 9.56. The number of hydrogen-bond donors (Lipinski definition) is 2. The Morgan fingerprint density at radius 2 is 1.82 bits per heavy atom. The molecule has 0 saturated carbocycles. The van der Waals surface area contributed by atoms with Crippen LogP contribution in [0.1, 0.15) is 33.1 Å². The molecule has 0 spiro atoms. The average Bonchev–Trinajstić information content (AvgIpc) is 3.87. The monoisotopic (exact) mass is 678 g/mol. The molecule has 2 saturated heterocycles. The van der Waals surface area contributed by atoms with Gasteiger partial charge in [0.05, 0.1) is 18.2 Å². The van der Waals surface area contributed by atoms with E-state index in [1.165, 1.54) is 0 Å². The molecule has 0 unspecified atom stereocenters. The number of H-pyrrole nitrogens is 1. The predicted octanol–water partition coefficient (Wildman–Crippen LogP) is 4.12. The molecule has 2 aliphatic rings. The number of fused-ring (bicyclic) bond motifs is 1. The Morgan fingerprint density at radius 3 is 2.50 bits per heavy atom. The van der Waals surface area contributed by atoms with Gasteiger partial charge in [0.25, 0.3) is 5.91 Å². The molecule has 260 valence electrons. The summed E-state index contributed by atoms with van der Waals surface area (Å²) in [5, 5.41) is 15.8. The molecule has 0 radical (unpaired) electrons. The van der Waals surface area contributed by atoms with E-state index in [9.17, 15) is 9.59 Å². The summed E-state index contributed by atoms with van der Waals surface area (Å²) in [5.74, 6) is 2.02. The highest BCUT2D eigenvalue weighted by Gasteiger charge is 2.45. The van der Waals surface area contributed by atoms with Crippen molar-refractivity contribution in [2.75, 3.05) is 50.1 Å². The van der Waals surface area contributed by atoms with Crippen molar-refractivity contribution in [1.82, 2.24) is 39.8 Å². The van der Waals surface area contributed by atoms with Crippen molar-refractivity contribution >= 4 is 34.1 Å². The number of nitrogens with zero attached hydrogens (tertiary/aromatic N) is 8. The summed E-state index contributed by atoms with van der Waals surface area (Å²) in [5.41, 5.74) is 2.84. The van der Waals surface area contributed by atoms with E-state index in [1.807, 2.05) is 68.3 Å². The van der Waals surface area contributed by atoms with Crippen LogP contribution < -0.4 is 15.0 Å². The summed E-state index contributed by atoms with van der Waals surface area (Å²) in [4.78, 5) is 44.7. The molecule has 1 aromatic carbocycles. The van der Waals surface area contributed by atoms with Gasteiger partial charge >= 0.3 is 0 Å². The summed E-state index contributed by atoms with van der Waals surface area (Å²) < 4.78 is 13.2. The topological polar surface area (TPSA) is 156 Å². The zero-order valence-corrected chi connectivity index (χ0v) is 28.8. The van der Waals surface area contributed by atoms with Crippen molar-refractivity contribution in [2.45, 2.75) is 44.8 Å². The standard InChI is InChI=1S/C36H42N10O4/c1-23(2)50-32-10-6-25(18-38-32)33-28-17-27(7-8-29(28)41-42-33)40-35(48)36(49-4)13-16-45(21-36)20-30(47)24-11-14-46(15-12-24)31-9-5-26(19-37-31)34-39-22-44(3)43-34/h5-10,17-19,22-24H,11-16,20-21H2,1-4H3,(H,40,48)(H,41,42)/t36-/m0/s1. The third-order valence-corrected chi connectivity index (χ3v) is 9.56. The van der Waals surface area contributed by atoms with Gasteiger partial charge < -0.3 is 19.7 Å². The molecule has 5 aromatic rings. The second-order valence-corrected chi connectivity index (χ2v) is 13.4. The number of rotatable bonds is 11. The van der Waals surface area contributed by atoms with Crippen LogP contribution in [-0.2, 0) is 21.4 Å². The minimum atomic E-state index is -1.06. The van der Waals surface area contributed by atoms with E-state index in [0.29, 0.717) is 43.4 Å². The fraction of sp³-hybridized carbons (Fsp3) is 0.417. The number of ether oxygens (including phenoxy) is 2. The Morgan fingerprint density at radius 1 is 1.02 bits per heavy atom. The van der Waals surface area contributed by atoms with Crippen molar-refractivity contribution in [3.05, 3.63) is 61.2 Å². The number of anilines is 2. The fourth-order valence-electron chi connectivity index (χ4n) is 6.78. The first-order valence-electron chi connectivity index (χ1n) is 17.0. The van der Waals surface area contributed by atoms with Crippen molar-refractivity contribution in [2.24, 2.45) is 13.0 Å². The lowest BCUT2D eigenvalue weighted by Crippen LogP contribution is -2.48. The van der Waals surface area contributed by atoms with Crippen molar-refractivity contribution in [1.29, 1.82) is 0 Å². The van der Waals surface area contributed by atoms with Gasteiger partial charge in [-0.2, -0.15) is 10.2 Å². The van der Waals surface area contributed by atoms with Crippen LogP contribution in [0.25, 0.3) is 33.5 Å². The number of nitrogens with one attached hydrogen (secondary N) is 2. The van der Waals surface area contributed by atoms with Crippen LogP contribution in [0.2, 0.25) is 0 Å². The highest BCUT2D eigenvalue weighted by atomic mass is 16.5. The van der Waals surface area contributed by atoms with Gasteiger partial charge in [-0.25, -0.2) is 15.0 Å². The summed E-state index contributed by atoms with van der Waals surface area (Å²) in [6.45, 7) is 6.66. The highest BCUT2D eigenvalue weighted by molar-refractivity contribution is 6.01. The molecule has 1 atom stereocenters. The van der Waals surface area contributed by atoms with Gasteiger partial charge in [0.2, 0.25) is 5.88 Å². The smallest absolute Gasteiger partial charge is 0.258 e. The number of carbonyl (C=O) groups excluding carboxylic acids is 2. The molecule has 0 aliphatic carbocycles. The van der Waals surface area contributed by atoms with E-state index in [4.69, 9.17) is 9.47 Å².